The van der Waals surface area contributed by atoms with E-state index in [0.29, 0.717) is 0 Å². The smallest absolute Gasteiger partial charge is 0.216 e. The fourth-order valence-electron chi connectivity index (χ4n) is 4.41. The van der Waals surface area contributed by atoms with Crippen molar-refractivity contribution in [3.8, 4) is 22.4 Å². The van der Waals surface area contributed by atoms with Gasteiger partial charge >= 0.3 is 0 Å². The highest BCUT2D eigenvalue weighted by Gasteiger charge is 2.21. The van der Waals surface area contributed by atoms with Crippen LogP contribution in [0.1, 0.15) is 5.56 Å². The van der Waals surface area contributed by atoms with E-state index in [1.165, 1.54) is 5.56 Å². The number of aryl methyl sites for hydroxylation is 2. The quantitative estimate of drug-likeness (QED) is 0.304. The summed E-state index contributed by atoms with van der Waals surface area (Å²) in [4.78, 5) is 0. The van der Waals surface area contributed by atoms with Crippen LogP contribution in [0.4, 0.5) is 0 Å². The van der Waals surface area contributed by atoms with Gasteiger partial charge in [0.15, 0.2) is 6.20 Å². The first-order valence-electron chi connectivity index (χ1n) is 10.1. The van der Waals surface area contributed by atoms with Crippen LogP contribution in [0, 0.1) is 6.92 Å². The summed E-state index contributed by atoms with van der Waals surface area (Å²) in [6.07, 6.45) is 3.80. The standard InChI is InChI=1S/C27H20NO2/c1-17-9-12-22-21-7-5-6-20(19-11-10-18-13-15-29-24(18)16-19)26(21)30-27(22)25(17)23-8-3-4-14-28(23)2/h3-16H,1-2H3/q+1. The molecule has 0 saturated heterocycles. The average Bonchev–Trinajstić information content (AvgIpc) is 3.38. The van der Waals surface area contributed by atoms with E-state index in [1.54, 1.807) is 6.26 Å². The maximum atomic E-state index is 6.61. The molecule has 144 valence electrons. The SMILES string of the molecule is Cc1ccc2c(oc3c(-c4ccc5ccoc5c4)cccc32)c1-c1cccc[n+]1C. The minimum Gasteiger partial charge on any atom is -0.464 e. The van der Waals surface area contributed by atoms with Crippen LogP contribution in [0.3, 0.4) is 0 Å². The number of hydrogen-bond donors (Lipinski definition) is 0. The molecule has 0 aliphatic heterocycles. The Bertz CT molecular complexity index is 1570. The molecule has 0 aliphatic rings. The van der Waals surface area contributed by atoms with Crippen LogP contribution in [0.15, 0.2) is 94.1 Å². The number of nitrogens with zero attached hydrogens (tertiary/aromatic N) is 1. The second-order valence-electron chi connectivity index (χ2n) is 7.79. The van der Waals surface area contributed by atoms with Crippen molar-refractivity contribution >= 4 is 32.9 Å². The predicted octanol–water partition coefficient (Wildman–Crippen LogP) is 6.80. The van der Waals surface area contributed by atoms with E-state index in [2.05, 4.69) is 85.4 Å². The van der Waals surface area contributed by atoms with Gasteiger partial charge in [-0.05, 0) is 36.2 Å². The van der Waals surface area contributed by atoms with Gasteiger partial charge in [0.25, 0.3) is 0 Å². The van der Waals surface area contributed by atoms with Crippen molar-refractivity contribution in [1.82, 2.24) is 0 Å². The summed E-state index contributed by atoms with van der Waals surface area (Å²) in [5.74, 6) is 0. The third-order valence-corrected chi connectivity index (χ3v) is 5.95. The third kappa shape index (κ3) is 2.42. The first-order valence-corrected chi connectivity index (χ1v) is 10.1. The van der Waals surface area contributed by atoms with Crippen LogP contribution in [-0.4, -0.2) is 0 Å². The van der Waals surface area contributed by atoms with Gasteiger partial charge in [0.1, 0.15) is 23.8 Å². The Balaban J connectivity index is 1.68. The maximum absolute atomic E-state index is 6.61. The van der Waals surface area contributed by atoms with Crippen molar-refractivity contribution in [3.05, 3.63) is 90.8 Å². The van der Waals surface area contributed by atoms with E-state index >= 15 is 0 Å². The molecule has 6 rings (SSSR count). The van der Waals surface area contributed by atoms with Gasteiger partial charge in [-0.3, -0.25) is 0 Å². The lowest BCUT2D eigenvalue weighted by atomic mass is 9.99. The van der Waals surface area contributed by atoms with Crippen molar-refractivity contribution in [2.24, 2.45) is 7.05 Å². The van der Waals surface area contributed by atoms with Gasteiger partial charge < -0.3 is 8.83 Å². The number of aromatic nitrogens is 1. The largest absolute Gasteiger partial charge is 0.464 e. The minimum atomic E-state index is 0.883. The Morgan fingerprint density at radius 1 is 0.800 bits per heavy atom. The first kappa shape index (κ1) is 17.0. The maximum Gasteiger partial charge on any atom is 0.216 e. The van der Waals surface area contributed by atoms with Gasteiger partial charge in [-0.15, -0.1) is 0 Å². The zero-order chi connectivity index (χ0) is 20.2. The molecule has 0 bridgehead atoms. The molecule has 3 nitrogen and oxygen atoms in total. The van der Waals surface area contributed by atoms with Gasteiger partial charge in [-0.1, -0.05) is 42.5 Å². The van der Waals surface area contributed by atoms with Gasteiger partial charge in [0.2, 0.25) is 5.69 Å². The predicted molar refractivity (Wildman–Crippen MR) is 120 cm³/mol. The molecule has 0 aliphatic carbocycles. The van der Waals surface area contributed by atoms with E-state index < -0.39 is 0 Å². The number of pyridine rings is 1. The van der Waals surface area contributed by atoms with Gasteiger partial charge in [0, 0.05) is 33.9 Å². The summed E-state index contributed by atoms with van der Waals surface area (Å²) in [6, 6.07) is 25.2. The Morgan fingerprint density at radius 3 is 2.60 bits per heavy atom. The van der Waals surface area contributed by atoms with Crippen LogP contribution >= 0.6 is 0 Å². The van der Waals surface area contributed by atoms with Crippen LogP contribution in [0.5, 0.6) is 0 Å². The number of rotatable bonds is 2. The Hall–Kier alpha value is -3.85. The molecular formula is C27H20NO2+. The monoisotopic (exact) mass is 390 g/mol. The first-order chi connectivity index (χ1) is 14.7. The summed E-state index contributed by atoms with van der Waals surface area (Å²) in [5.41, 5.74) is 8.35. The van der Waals surface area contributed by atoms with Crippen LogP contribution in [0.25, 0.3) is 55.3 Å². The molecule has 0 amide bonds. The molecule has 3 heterocycles. The lowest BCUT2D eigenvalue weighted by Gasteiger charge is -2.05. The Morgan fingerprint density at radius 2 is 1.70 bits per heavy atom. The second kappa shape index (κ2) is 6.33. The van der Waals surface area contributed by atoms with Crippen molar-refractivity contribution in [3.63, 3.8) is 0 Å². The van der Waals surface area contributed by atoms with E-state index in [1.807, 2.05) is 12.1 Å². The number of furan rings is 2. The van der Waals surface area contributed by atoms with Crippen molar-refractivity contribution < 1.29 is 13.4 Å². The van der Waals surface area contributed by atoms with Crippen molar-refractivity contribution in [1.29, 1.82) is 0 Å². The zero-order valence-corrected chi connectivity index (χ0v) is 16.8. The summed E-state index contributed by atoms with van der Waals surface area (Å²) in [7, 11) is 2.07. The topological polar surface area (TPSA) is 30.2 Å². The van der Waals surface area contributed by atoms with E-state index in [-0.39, 0.29) is 0 Å². The summed E-state index contributed by atoms with van der Waals surface area (Å²) in [6.45, 7) is 2.14. The fraction of sp³-hybridized carbons (Fsp3) is 0.0741. The van der Waals surface area contributed by atoms with Crippen molar-refractivity contribution in [2.75, 3.05) is 0 Å². The molecule has 0 fully saturated rings. The van der Waals surface area contributed by atoms with Crippen LogP contribution < -0.4 is 4.57 Å². The summed E-state index contributed by atoms with van der Waals surface area (Å²) in [5, 5.41) is 3.36. The highest BCUT2D eigenvalue weighted by Crippen LogP contribution is 2.40. The molecule has 0 atom stereocenters. The molecule has 0 unspecified atom stereocenters. The number of fused-ring (bicyclic) bond motifs is 4. The number of para-hydroxylation sites is 1. The Kier molecular flexibility index (Phi) is 3.59. The lowest BCUT2D eigenvalue weighted by Crippen LogP contribution is -2.30. The highest BCUT2D eigenvalue weighted by molar-refractivity contribution is 6.13. The molecule has 0 spiro atoms. The number of hydrogen-bond acceptors (Lipinski definition) is 2. The van der Waals surface area contributed by atoms with Crippen LogP contribution in [-0.2, 0) is 7.05 Å². The average molecular weight is 390 g/mol. The van der Waals surface area contributed by atoms with E-state index in [0.717, 1.165) is 55.3 Å². The molecule has 3 aromatic heterocycles. The minimum absolute atomic E-state index is 0.883. The van der Waals surface area contributed by atoms with Gasteiger partial charge in [0.05, 0.1) is 11.8 Å². The van der Waals surface area contributed by atoms with Crippen molar-refractivity contribution in [2.45, 2.75) is 6.92 Å². The molecule has 3 aromatic carbocycles. The molecule has 3 heteroatoms. The van der Waals surface area contributed by atoms with E-state index in [4.69, 9.17) is 8.83 Å². The number of benzene rings is 3. The summed E-state index contributed by atoms with van der Waals surface area (Å²) >= 11 is 0. The molecule has 0 N–H and O–H groups in total. The van der Waals surface area contributed by atoms with Gasteiger partial charge in [-0.2, -0.15) is 0 Å². The van der Waals surface area contributed by atoms with Crippen LogP contribution in [0.2, 0.25) is 0 Å². The molecular weight excluding hydrogens is 370 g/mol. The highest BCUT2D eigenvalue weighted by atomic mass is 16.3. The van der Waals surface area contributed by atoms with E-state index in [9.17, 15) is 0 Å². The third-order valence-electron chi connectivity index (χ3n) is 5.95. The fourth-order valence-corrected chi connectivity index (χ4v) is 4.41. The molecule has 0 radical (unpaired) electrons. The summed E-state index contributed by atoms with van der Waals surface area (Å²) < 4.78 is 14.4. The molecule has 30 heavy (non-hydrogen) atoms. The zero-order valence-electron chi connectivity index (χ0n) is 16.8. The second-order valence-corrected chi connectivity index (χ2v) is 7.79. The molecule has 6 aromatic rings. The normalized spacial score (nSPS) is 11.7. The molecule has 0 saturated carbocycles. The Labute approximate surface area is 173 Å². The lowest BCUT2D eigenvalue weighted by molar-refractivity contribution is -0.660. The van der Waals surface area contributed by atoms with Gasteiger partial charge in [-0.25, -0.2) is 4.57 Å².